The monoisotopic (exact) mass is 307 g/mol. The maximum atomic E-state index is 12.2. The van der Waals surface area contributed by atoms with Crippen molar-refractivity contribution in [3.63, 3.8) is 0 Å². The van der Waals surface area contributed by atoms with Gasteiger partial charge in [-0.2, -0.15) is 0 Å². The molecule has 0 aromatic carbocycles. The molecule has 0 radical (unpaired) electrons. The van der Waals surface area contributed by atoms with Gasteiger partial charge in [-0.25, -0.2) is 0 Å². The van der Waals surface area contributed by atoms with Crippen molar-refractivity contribution in [1.82, 2.24) is 15.5 Å². The van der Waals surface area contributed by atoms with Crippen LogP contribution in [0.15, 0.2) is 11.4 Å². The van der Waals surface area contributed by atoms with E-state index >= 15 is 0 Å². The Morgan fingerprint density at radius 3 is 3.10 bits per heavy atom. The van der Waals surface area contributed by atoms with E-state index in [9.17, 15) is 14.4 Å². The Morgan fingerprint density at radius 1 is 1.43 bits per heavy atom. The average molecular weight is 307 g/mol. The largest absolute Gasteiger partial charge is 0.337 e. The van der Waals surface area contributed by atoms with Crippen molar-refractivity contribution in [2.45, 2.75) is 31.8 Å². The van der Waals surface area contributed by atoms with Gasteiger partial charge in [0.05, 0.1) is 12.6 Å². The van der Waals surface area contributed by atoms with Crippen molar-refractivity contribution >= 4 is 29.1 Å². The van der Waals surface area contributed by atoms with Gasteiger partial charge in [0.2, 0.25) is 17.7 Å². The summed E-state index contributed by atoms with van der Waals surface area (Å²) in [6, 6.07) is 1.61. The maximum absolute atomic E-state index is 12.2. The van der Waals surface area contributed by atoms with Crippen LogP contribution < -0.4 is 10.6 Å². The second-order valence-corrected chi connectivity index (χ2v) is 6.32. The molecule has 3 rings (SSSR count). The molecule has 112 valence electrons. The molecule has 3 heterocycles. The minimum atomic E-state index is -0.451. The lowest BCUT2D eigenvalue weighted by atomic mass is 10.1. The van der Waals surface area contributed by atoms with Crippen LogP contribution in [0.2, 0.25) is 0 Å². The van der Waals surface area contributed by atoms with Crippen LogP contribution in [0.4, 0.5) is 0 Å². The van der Waals surface area contributed by atoms with Gasteiger partial charge in [0, 0.05) is 24.4 Å². The standard InChI is InChI=1S/C14H17N3O3S/c18-12-2-1-10(14(20)16-12)15-7-13(19)17-5-3-11-9(8-17)4-6-21-11/h4,6,10,15H,1-3,5,7-8H2,(H,16,18,20). The minimum Gasteiger partial charge on any atom is -0.337 e. The summed E-state index contributed by atoms with van der Waals surface area (Å²) in [6.07, 6.45) is 1.67. The average Bonchev–Trinajstić information content (AvgIpc) is 2.93. The maximum Gasteiger partial charge on any atom is 0.243 e. The van der Waals surface area contributed by atoms with Gasteiger partial charge in [-0.1, -0.05) is 0 Å². The van der Waals surface area contributed by atoms with E-state index in [4.69, 9.17) is 0 Å². The second-order valence-electron chi connectivity index (χ2n) is 5.32. The number of rotatable bonds is 3. The molecular formula is C14H17N3O3S. The molecular weight excluding hydrogens is 290 g/mol. The summed E-state index contributed by atoms with van der Waals surface area (Å²) in [5.41, 5.74) is 1.22. The van der Waals surface area contributed by atoms with E-state index < -0.39 is 6.04 Å². The van der Waals surface area contributed by atoms with E-state index in [0.29, 0.717) is 19.4 Å². The Bertz CT molecular complexity index is 584. The Kier molecular flexibility index (Phi) is 4.03. The number of hydrogen-bond acceptors (Lipinski definition) is 5. The minimum absolute atomic E-state index is 0.00319. The van der Waals surface area contributed by atoms with Gasteiger partial charge in [0.15, 0.2) is 0 Å². The van der Waals surface area contributed by atoms with Crippen molar-refractivity contribution in [1.29, 1.82) is 0 Å². The zero-order valence-electron chi connectivity index (χ0n) is 11.6. The third kappa shape index (κ3) is 3.14. The van der Waals surface area contributed by atoms with Gasteiger partial charge in [-0.3, -0.25) is 25.0 Å². The Morgan fingerprint density at radius 2 is 2.29 bits per heavy atom. The molecule has 21 heavy (non-hydrogen) atoms. The molecule has 1 unspecified atom stereocenters. The Hall–Kier alpha value is -1.73. The van der Waals surface area contributed by atoms with Crippen LogP contribution in [0.25, 0.3) is 0 Å². The van der Waals surface area contributed by atoms with E-state index in [1.807, 2.05) is 4.90 Å². The highest BCUT2D eigenvalue weighted by Gasteiger charge is 2.28. The van der Waals surface area contributed by atoms with Crippen LogP contribution >= 0.6 is 11.3 Å². The molecule has 2 aliphatic heterocycles. The normalized spacial score (nSPS) is 21.9. The summed E-state index contributed by atoms with van der Waals surface area (Å²) in [5, 5.41) is 7.29. The van der Waals surface area contributed by atoms with Gasteiger partial charge in [0.1, 0.15) is 0 Å². The number of imide groups is 1. The predicted octanol–water partition coefficient (Wildman–Crippen LogP) is 0.0276. The Labute approximate surface area is 126 Å². The number of nitrogens with one attached hydrogen (secondary N) is 2. The van der Waals surface area contributed by atoms with Crippen molar-refractivity contribution in [3.05, 3.63) is 21.9 Å². The zero-order chi connectivity index (χ0) is 14.8. The lowest BCUT2D eigenvalue weighted by Crippen LogP contribution is -2.53. The number of hydrogen-bond donors (Lipinski definition) is 2. The molecule has 1 aromatic rings. The van der Waals surface area contributed by atoms with Crippen LogP contribution in [0.1, 0.15) is 23.3 Å². The molecule has 2 aliphatic rings. The van der Waals surface area contributed by atoms with Crippen molar-refractivity contribution in [3.8, 4) is 0 Å². The van der Waals surface area contributed by atoms with Gasteiger partial charge >= 0.3 is 0 Å². The van der Waals surface area contributed by atoms with Crippen molar-refractivity contribution in [2.24, 2.45) is 0 Å². The summed E-state index contributed by atoms with van der Waals surface area (Å²) >= 11 is 1.74. The first-order valence-electron chi connectivity index (χ1n) is 7.03. The number of piperidine rings is 1. The van der Waals surface area contributed by atoms with Crippen molar-refractivity contribution < 1.29 is 14.4 Å². The van der Waals surface area contributed by atoms with Gasteiger partial charge in [-0.05, 0) is 29.9 Å². The number of carbonyl (C=O) groups excluding carboxylic acids is 3. The molecule has 1 saturated heterocycles. The number of thiophene rings is 1. The molecule has 0 bridgehead atoms. The molecule has 6 nitrogen and oxygen atoms in total. The number of fused-ring (bicyclic) bond motifs is 1. The van der Waals surface area contributed by atoms with Crippen LogP contribution in [-0.2, 0) is 27.3 Å². The van der Waals surface area contributed by atoms with Crippen LogP contribution in [0.3, 0.4) is 0 Å². The second kappa shape index (κ2) is 5.95. The first kappa shape index (κ1) is 14.2. The summed E-state index contributed by atoms with van der Waals surface area (Å²) in [6.45, 7) is 1.50. The van der Waals surface area contributed by atoms with Crippen LogP contribution in [0.5, 0.6) is 0 Å². The molecule has 1 atom stereocenters. The molecule has 2 N–H and O–H groups in total. The predicted molar refractivity (Wildman–Crippen MR) is 77.6 cm³/mol. The quantitative estimate of drug-likeness (QED) is 0.772. The third-order valence-electron chi connectivity index (χ3n) is 3.90. The molecule has 1 fully saturated rings. The lowest BCUT2D eigenvalue weighted by Gasteiger charge is -2.28. The van der Waals surface area contributed by atoms with Crippen LogP contribution in [-0.4, -0.2) is 41.8 Å². The summed E-state index contributed by atoms with van der Waals surface area (Å²) in [5.74, 6) is -0.584. The fourth-order valence-electron chi connectivity index (χ4n) is 2.67. The van der Waals surface area contributed by atoms with Gasteiger partial charge in [-0.15, -0.1) is 11.3 Å². The van der Waals surface area contributed by atoms with E-state index in [1.165, 1.54) is 10.4 Å². The molecule has 3 amide bonds. The number of carbonyl (C=O) groups is 3. The molecule has 7 heteroatoms. The van der Waals surface area contributed by atoms with E-state index in [-0.39, 0.29) is 24.3 Å². The van der Waals surface area contributed by atoms with Crippen LogP contribution in [0, 0.1) is 0 Å². The van der Waals surface area contributed by atoms with Gasteiger partial charge in [0.25, 0.3) is 0 Å². The summed E-state index contributed by atoms with van der Waals surface area (Å²) in [7, 11) is 0. The molecule has 0 spiro atoms. The summed E-state index contributed by atoms with van der Waals surface area (Å²) in [4.78, 5) is 38.0. The van der Waals surface area contributed by atoms with E-state index in [0.717, 1.165) is 13.0 Å². The molecule has 1 aromatic heterocycles. The SMILES string of the molecule is O=C1CCC(NCC(=O)N2CCc3sccc3C2)C(=O)N1. The highest BCUT2D eigenvalue weighted by Crippen LogP contribution is 2.23. The van der Waals surface area contributed by atoms with E-state index in [1.54, 1.807) is 11.3 Å². The summed E-state index contributed by atoms with van der Waals surface area (Å²) < 4.78 is 0. The lowest BCUT2D eigenvalue weighted by molar-refractivity contribution is -0.135. The highest BCUT2D eigenvalue weighted by atomic mass is 32.1. The first-order chi connectivity index (χ1) is 10.1. The molecule has 0 aliphatic carbocycles. The van der Waals surface area contributed by atoms with Crippen molar-refractivity contribution in [2.75, 3.05) is 13.1 Å². The van der Waals surface area contributed by atoms with E-state index in [2.05, 4.69) is 22.1 Å². The fourth-order valence-corrected chi connectivity index (χ4v) is 3.56. The Balaban J connectivity index is 1.51. The molecule has 0 saturated carbocycles. The number of nitrogens with zero attached hydrogens (tertiary/aromatic N) is 1. The topological polar surface area (TPSA) is 78.5 Å². The smallest absolute Gasteiger partial charge is 0.243 e. The zero-order valence-corrected chi connectivity index (χ0v) is 12.4. The highest BCUT2D eigenvalue weighted by molar-refractivity contribution is 7.10. The first-order valence-corrected chi connectivity index (χ1v) is 7.91. The fraction of sp³-hybridized carbons (Fsp3) is 0.500. The number of amides is 3. The van der Waals surface area contributed by atoms with Gasteiger partial charge < -0.3 is 4.90 Å². The third-order valence-corrected chi connectivity index (χ3v) is 4.92.